The molecule has 0 bridgehead atoms. The molecule has 0 aliphatic rings. The van der Waals surface area contributed by atoms with E-state index < -0.39 is 5.67 Å². The number of aromatic nitrogens is 1. The van der Waals surface area contributed by atoms with Crippen LogP contribution in [-0.2, 0) is 6.42 Å². The first kappa shape index (κ1) is 11.1. The second kappa shape index (κ2) is 5.05. The van der Waals surface area contributed by atoms with Gasteiger partial charge in [-0.25, -0.2) is 4.39 Å². The van der Waals surface area contributed by atoms with Crippen LogP contribution in [0.3, 0.4) is 0 Å². The van der Waals surface area contributed by atoms with Gasteiger partial charge in [0.1, 0.15) is 5.67 Å². The predicted octanol–water partition coefficient (Wildman–Crippen LogP) is 2.09. The van der Waals surface area contributed by atoms with Crippen molar-refractivity contribution in [2.45, 2.75) is 31.9 Å². The highest BCUT2D eigenvalue weighted by Crippen LogP contribution is 2.22. The summed E-state index contributed by atoms with van der Waals surface area (Å²) in [5.41, 5.74) is 5.16. The van der Waals surface area contributed by atoms with Crippen LogP contribution in [0.2, 0.25) is 0 Å². The van der Waals surface area contributed by atoms with Gasteiger partial charge in [-0.15, -0.1) is 0 Å². The fraction of sp³-hybridized carbons (Fsp3) is 0.545. The van der Waals surface area contributed by atoms with Crippen molar-refractivity contribution >= 4 is 0 Å². The fourth-order valence-corrected chi connectivity index (χ4v) is 1.58. The van der Waals surface area contributed by atoms with E-state index in [1.807, 2.05) is 19.1 Å². The van der Waals surface area contributed by atoms with Gasteiger partial charge in [-0.3, -0.25) is 4.98 Å². The van der Waals surface area contributed by atoms with Gasteiger partial charge in [0.25, 0.3) is 0 Å². The molecule has 0 radical (unpaired) electrons. The van der Waals surface area contributed by atoms with Crippen LogP contribution in [0.5, 0.6) is 0 Å². The monoisotopic (exact) mass is 196 g/mol. The summed E-state index contributed by atoms with van der Waals surface area (Å²) < 4.78 is 14.1. The standard InChI is InChI=1S/C11H17FN2/c1-2-5-11(12,9-13)8-10-3-6-14-7-4-10/h3-4,6-7H,2,5,8-9,13H2,1H3. The first-order valence-electron chi connectivity index (χ1n) is 4.98. The largest absolute Gasteiger partial charge is 0.328 e. The van der Waals surface area contributed by atoms with Crippen LogP contribution in [0.1, 0.15) is 25.3 Å². The van der Waals surface area contributed by atoms with Gasteiger partial charge in [0, 0.05) is 25.4 Å². The van der Waals surface area contributed by atoms with Gasteiger partial charge in [-0.2, -0.15) is 0 Å². The molecule has 0 aromatic carbocycles. The Hall–Kier alpha value is -0.960. The van der Waals surface area contributed by atoms with E-state index in [1.165, 1.54) is 0 Å². The van der Waals surface area contributed by atoms with Gasteiger partial charge in [0.15, 0.2) is 0 Å². The number of hydrogen-bond acceptors (Lipinski definition) is 2. The second-order valence-electron chi connectivity index (χ2n) is 3.64. The summed E-state index contributed by atoms with van der Waals surface area (Å²) >= 11 is 0. The third-order valence-electron chi connectivity index (χ3n) is 2.33. The summed E-state index contributed by atoms with van der Waals surface area (Å²) in [6, 6.07) is 3.67. The summed E-state index contributed by atoms with van der Waals surface area (Å²) in [6.45, 7) is 2.06. The molecule has 78 valence electrons. The van der Waals surface area contributed by atoms with Crippen molar-refractivity contribution in [2.24, 2.45) is 5.73 Å². The lowest BCUT2D eigenvalue weighted by atomic mass is 9.92. The summed E-state index contributed by atoms with van der Waals surface area (Å²) in [5.74, 6) is 0. The number of rotatable bonds is 5. The molecule has 0 amide bonds. The van der Waals surface area contributed by atoms with E-state index in [1.54, 1.807) is 12.4 Å². The topological polar surface area (TPSA) is 38.9 Å². The maximum absolute atomic E-state index is 14.1. The fourth-order valence-electron chi connectivity index (χ4n) is 1.58. The highest BCUT2D eigenvalue weighted by Gasteiger charge is 2.26. The highest BCUT2D eigenvalue weighted by molar-refractivity contribution is 5.13. The third-order valence-corrected chi connectivity index (χ3v) is 2.33. The number of nitrogens with zero attached hydrogens (tertiary/aromatic N) is 1. The van der Waals surface area contributed by atoms with E-state index in [0.717, 1.165) is 12.0 Å². The minimum Gasteiger partial charge on any atom is -0.328 e. The van der Waals surface area contributed by atoms with Crippen molar-refractivity contribution in [2.75, 3.05) is 6.54 Å². The molecule has 1 aromatic heterocycles. The molecule has 0 aliphatic heterocycles. The van der Waals surface area contributed by atoms with E-state index in [2.05, 4.69) is 4.98 Å². The molecule has 0 spiro atoms. The summed E-state index contributed by atoms with van der Waals surface area (Å²) in [6.07, 6.45) is 5.08. The third kappa shape index (κ3) is 3.07. The number of hydrogen-bond donors (Lipinski definition) is 1. The zero-order valence-corrected chi connectivity index (χ0v) is 8.54. The molecule has 2 N–H and O–H groups in total. The SMILES string of the molecule is CCCC(F)(CN)Cc1ccncc1. The zero-order chi connectivity index (χ0) is 10.4. The number of pyridine rings is 1. The van der Waals surface area contributed by atoms with Crippen LogP contribution in [0.4, 0.5) is 4.39 Å². The molecule has 0 saturated heterocycles. The van der Waals surface area contributed by atoms with Crippen molar-refractivity contribution in [3.8, 4) is 0 Å². The average molecular weight is 196 g/mol. The Balaban J connectivity index is 2.65. The molecular weight excluding hydrogens is 179 g/mol. The molecule has 2 nitrogen and oxygen atoms in total. The molecule has 0 fully saturated rings. The Morgan fingerprint density at radius 2 is 2.07 bits per heavy atom. The van der Waals surface area contributed by atoms with Crippen molar-refractivity contribution in [3.05, 3.63) is 30.1 Å². The van der Waals surface area contributed by atoms with Crippen LogP contribution in [0, 0.1) is 0 Å². The Morgan fingerprint density at radius 3 is 2.57 bits per heavy atom. The number of alkyl halides is 1. The molecule has 0 aliphatic carbocycles. The molecular formula is C11H17FN2. The van der Waals surface area contributed by atoms with Crippen molar-refractivity contribution in [1.82, 2.24) is 4.98 Å². The van der Waals surface area contributed by atoms with Crippen LogP contribution < -0.4 is 5.73 Å². The highest BCUT2D eigenvalue weighted by atomic mass is 19.1. The van der Waals surface area contributed by atoms with Gasteiger partial charge < -0.3 is 5.73 Å². The van der Waals surface area contributed by atoms with Crippen LogP contribution >= 0.6 is 0 Å². The first-order chi connectivity index (χ1) is 6.70. The van der Waals surface area contributed by atoms with E-state index in [0.29, 0.717) is 12.8 Å². The Morgan fingerprint density at radius 1 is 1.43 bits per heavy atom. The maximum Gasteiger partial charge on any atom is 0.127 e. The quantitative estimate of drug-likeness (QED) is 0.783. The summed E-state index contributed by atoms with van der Waals surface area (Å²) in [7, 11) is 0. The lowest BCUT2D eigenvalue weighted by molar-refractivity contribution is 0.158. The number of nitrogens with two attached hydrogens (primary N) is 1. The van der Waals surface area contributed by atoms with Gasteiger partial charge >= 0.3 is 0 Å². The number of halogens is 1. The Labute approximate surface area is 84.3 Å². The summed E-state index contributed by atoms with van der Waals surface area (Å²) in [4.78, 5) is 3.89. The lowest BCUT2D eigenvalue weighted by Crippen LogP contribution is -2.35. The van der Waals surface area contributed by atoms with Gasteiger partial charge in [-0.05, 0) is 24.1 Å². The molecule has 1 aromatic rings. The molecule has 1 heterocycles. The van der Waals surface area contributed by atoms with E-state index >= 15 is 0 Å². The molecule has 1 rings (SSSR count). The smallest absolute Gasteiger partial charge is 0.127 e. The molecule has 1 unspecified atom stereocenters. The van der Waals surface area contributed by atoms with Crippen molar-refractivity contribution < 1.29 is 4.39 Å². The predicted molar refractivity (Wildman–Crippen MR) is 55.7 cm³/mol. The average Bonchev–Trinajstić information content (AvgIpc) is 2.20. The van der Waals surface area contributed by atoms with E-state index in [9.17, 15) is 4.39 Å². The molecule has 3 heteroatoms. The summed E-state index contributed by atoms with van der Waals surface area (Å²) in [5, 5.41) is 0. The van der Waals surface area contributed by atoms with Crippen LogP contribution in [-0.4, -0.2) is 17.2 Å². The zero-order valence-electron chi connectivity index (χ0n) is 8.54. The van der Waals surface area contributed by atoms with E-state index in [4.69, 9.17) is 5.73 Å². The van der Waals surface area contributed by atoms with Gasteiger partial charge in [0.2, 0.25) is 0 Å². The maximum atomic E-state index is 14.1. The molecule has 1 atom stereocenters. The van der Waals surface area contributed by atoms with Crippen LogP contribution in [0.25, 0.3) is 0 Å². The van der Waals surface area contributed by atoms with Gasteiger partial charge in [-0.1, -0.05) is 13.3 Å². The van der Waals surface area contributed by atoms with Gasteiger partial charge in [0.05, 0.1) is 0 Å². The van der Waals surface area contributed by atoms with Crippen molar-refractivity contribution in [3.63, 3.8) is 0 Å². The molecule has 14 heavy (non-hydrogen) atoms. The molecule has 0 saturated carbocycles. The first-order valence-corrected chi connectivity index (χ1v) is 4.98. The lowest BCUT2D eigenvalue weighted by Gasteiger charge is -2.22. The second-order valence-corrected chi connectivity index (χ2v) is 3.64. The van der Waals surface area contributed by atoms with E-state index in [-0.39, 0.29) is 6.54 Å². The minimum atomic E-state index is -1.25. The Kier molecular flexibility index (Phi) is 4.01. The van der Waals surface area contributed by atoms with Crippen LogP contribution in [0.15, 0.2) is 24.5 Å². The normalized spacial score (nSPS) is 15.1. The Bertz CT molecular complexity index is 263. The van der Waals surface area contributed by atoms with Crippen molar-refractivity contribution in [1.29, 1.82) is 0 Å². The minimum absolute atomic E-state index is 0.0865.